The number of rotatable bonds is 22. The first-order chi connectivity index (χ1) is 26.1. The maximum absolute atomic E-state index is 9.55. The monoisotopic (exact) mass is 740 g/mol. The minimum atomic E-state index is -2.33. The van der Waals surface area contributed by atoms with Crippen LogP contribution in [0.1, 0.15) is 164 Å². The zero-order valence-electron chi connectivity index (χ0n) is 32.6. The van der Waals surface area contributed by atoms with Gasteiger partial charge in [0.15, 0.2) is 0 Å². The summed E-state index contributed by atoms with van der Waals surface area (Å²) in [7, 11) is 0. The van der Waals surface area contributed by atoms with Crippen molar-refractivity contribution in [2.45, 2.75) is 141 Å². The predicted octanol–water partition coefficient (Wildman–Crippen LogP) is 11.1. The molecule has 4 aromatic rings. The van der Waals surface area contributed by atoms with Crippen molar-refractivity contribution < 1.29 is 35.4 Å². The van der Waals surface area contributed by atoms with Crippen LogP contribution < -0.4 is 10.2 Å². The van der Waals surface area contributed by atoms with E-state index in [1.165, 1.54) is 125 Å². The van der Waals surface area contributed by atoms with Crippen LogP contribution in [0.3, 0.4) is 0 Å². The third kappa shape index (κ3) is 20.0. The number of unbranched alkanes of at least 4 members (excludes halogenated alkanes) is 14. The van der Waals surface area contributed by atoms with E-state index in [0.717, 1.165) is 12.8 Å². The summed E-state index contributed by atoms with van der Waals surface area (Å²) in [6, 6.07) is 30.2. The summed E-state index contributed by atoms with van der Waals surface area (Å²) in [4.78, 5) is 8.33. The number of benzene rings is 4. The van der Waals surface area contributed by atoms with E-state index in [-0.39, 0.29) is 0 Å². The Morgan fingerprint density at radius 1 is 0.389 bits per heavy atom. The molecule has 4 rings (SSSR count). The molecule has 7 nitrogen and oxygen atoms in total. The van der Waals surface area contributed by atoms with Crippen LogP contribution in [0.25, 0.3) is 0 Å². The summed E-state index contributed by atoms with van der Waals surface area (Å²) in [5.41, 5.74) is 4.91. The van der Waals surface area contributed by atoms with Gasteiger partial charge in [-0.3, -0.25) is 0 Å². The molecule has 0 heterocycles. The summed E-state index contributed by atoms with van der Waals surface area (Å²) in [5.74, 6) is 1.86. The first kappa shape index (κ1) is 45.5. The highest BCUT2D eigenvalue weighted by atomic mass is 16.6. The quantitative estimate of drug-likeness (QED) is 0.0587. The van der Waals surface area contributed by atoms with Crippen LogP contribution in [0.15, 0.2) is 97.1 Å². The topological polar surface area (TPSA) is 144 Å². The van der Waals surface area contributed by atoms with Crippen molar-refractivity contribution in [3.05, 3.63) is 119 Å². The van der Waals surface area contributed by atoms with E-state index in [9.17, 15) is 20.4 Å². The van der Waals surface area contributed by atoms with Gasteiger partial charge in [-0.1, -0.05) is 165 Å². The van der Waals surface area contributed by atoms with Gasteiger partial charge in [-0.25, -0.2) is 0 Å². The van der Waals surface area contributed by atoms with Gasteiger partial charge >= 0.3 is 0 Å². The van der Waals surface area contributed by atoms with Gasteiger partial charge in [0.2, 0.25) is 0 Å². The lowest BCUT2D eigenvalue weighted by Gasteiger charge is -2.18. The first-order valence-corrected chi connectivity index (χ1v) is 20.2. The molecule has 4 aromatic carbocycles. The van der Waals surface area contributed by atoms with Crippen molar-refractivity contribution in [3.8, 4) is 23.0 Å². The van der Waals surface area contributed by atoms with Crippen molar-refractivity contribution in [2.24, 2.45) is 0 Å². The molecule has 296 valence electrons. The summed E-state index contributed by atoms with van der Waals surface area (Å²) in [6.07, 6.45) is 21.0. The lowest BCUT2D eigenvalue weighted by Crippen LogP contribution is -2.37. The van der Waals surface area contributed by atoms with Gasteiger partial charge in [-0.2, -0.15) is 0 Å². The van der Waals surface area contributed by atoms with Crippen LogP contribution in [-0.2, 0) is 0 Å². The van der Waals surface area contributed by atoms with Gasteiger partial charge in [-0.05, 0) is 89.8 Å². The number of carbonyl (C=O) groups excluding carboxylic acids is 1. The fourth-order valence-electron chi connectivity index (χ4n) is 6.84. The Hall–Kier alpha value is -4.65. The second-order valence-electron chi connectivity index (χ2n) is 14.2. The van der Waals surface area contributed by atoms with Gasteiger partial charge < -0.3 is 35.4 Å². The standard InChI is InChI=1S/2C23H32O2.CH2O3/c2*1-2-3-4-5-6-7-8-9-10-23(19-11-15-21(24)16-12-19)20-13-17-22(25)18-14-20;2-1(3)4/h2*11-18,23-25H,2-10H2,1H3;(H2,2,3,4)/p-2. The molecule has 0 unspecified atom stereocenters. The predicted molar refractivity (Wildman–Crippen MR) is 216 cm³/mol. The number of hydrogen-bond acceptors (Lipinski definition) is 7. The van der Waals surface area contributed by atoms with Crippen LogP contribution in [0, 0.1) is 0 Å². The molecular formula is C47H64O7-2. The van der Waals surface area contributed by atoms with Crippen LogP contribution >= 0.6 is 0 Å². The van der Waals surface area contributed by atoms with E-state index >= 15 is 0 Å². The third-order valence-corrected chi connectivity index (χ3v) is 9.87. The highest BCUT2D eigenvalue weighted by Crippen LogP contribution is 2.33. The molecule has 0 aliphatic rings. The molecule has 0 spiro atoms. The molecule has 54 heavy (non-hydrogen) atoms. The number of carboxylic acid groups (broad SMARTS) is 2. The molecule has 0 aromatic heterocycles. The molecule has 0 saturated carbocycles. The van der Waals surface area contributed by atoms with E-state index in [1.54, 1.807) is 48.5 Å². The number of phenols is 4. The fraction of sp³-hybridized carbons (Fsp3) is 0.468. The Morgan fingerprint density at radius 2 is 0.574 bits per heavy atom. The maximum Gasteiger partial charge on any atom is 0.115 e. The second-order valence-corrected chi connectivity index (χ2v) is 14.2. The zero-order valence-corrected chi connectivity index (χ0v) is 32.6. The number of hydrogen-bond donors (Lipinski definition) is 4. The van der Waals surface area contributed by atoms with Crippen LogP contribution in [0.5, 0.6) is 23.0 Å². The number of carbonyl (C=O) groups is 1. The second kappa shape index (κ2) is 27.9. The van der Waals surface area contributed by atoms with Gasteiger partial charge in [0.25, 0.3) is 0 Å². The molecule has 0 bridgehead atoms. The summed E-state index contributed by atoms with van der Waals surface area (Å²) >= 11 is 0. The van der Waals surface area contributed by atoms with Gasteiger partial charge in [0.05, 0.1) is 0 Å². The smallest absolute Gasteiger partial charge is 0.115 e. The molecule has 7 heteroatoms. The van der Waals surface area contributed by atoms with Crippen molar-refractivity contribution in [3.63, 3.8) is 0 Å². The molecule has 0 radical (unpaired) electrons. The third-order valence-electron chi connectivity index (χ3n) is 9.87. The van der Waals surface area contributed by atoms with E-state index < -0.39 is 6.16 Å². The maximum atomic E-state index is 9.55. The SMILES string of the molecule is CCCCCCCCCCC(c1ccc(O)cc1)c1ccc(O)cc1.CCCCCCCCCCC(c1ccc(O)cc1)c1ccc(O)cc1.O=C([O-])[O-]. The minimum absolute atomic E-state index is 0.306. The van der Waals surface area contributed by atoms with Crippen molar-refractivity contribution in [1.82, 2.24) is 0 Å². The molecular weight excluding hydrogens is 677 g/mol. The number of aromatic hydroxyl groups is 4. The Kier molecular flexibility index (Phi) is 23.5. The highest BCUT2D eigenvalue weighted by Gasteiger charge is 2.15. The largest absolute Gasteiger partial charge is 0.652 e. The molecule has 4 N–H and O–H groups in total. The van der Waals surface area contributed by atoms with Gasteiger partial charge in [-0.15, -0.1) is 0 Å². The highest BCUT2D eigenvalue weighted by molar-refractivity contribution is 5.47. The Bertz CT molecular complexity index is 1290. The zero-order chi connectivity index (χ0) is 39.4. The van der Waals surface area contributed by atoms with E-state index in [0.29, 0.717) is 34.8 Å². The lowest BCUT2D eigenvalue weighted by atomic mass is 9.86. The molecule has 0 saturated heterocycles. The summed E-state index contributed by atoms with van der Waals surface area (Å²) in [6.45, 7) is 4.51. The van der Waals surface area contributed by atoms with Crippen LogP contribution in [0.4, 0.5) is 4.79 Å². The van der Waals surface area contributed by atoms with Crippen molar-refractivity contribution in [2.75, 3.05) is 0 Å². The van der Waals surface area contributed by atoms with Crippen LogP contribution in [-0.4, -0.2) is 26.6 Å². The normalized spacial score (nSPS) is 10.7. The summed E-state index contributed by atoms with van der Waals surface area (Å²) in [5, 5.41) is 54.9. The number of phenolic OH excluding ortho intramolecular Hbond substituents is 4. The molecule has 0 amide bonds. The molecule has 0 aliphatic carbocycles. The fourth-order valence-corrected chi connectivity index (χ4v) is 6.84. The summed E-state index contributed by atoms with van der Waals surface area (Å²) < 4.78 is 0. The molecule has 0 atom stereocenters. The van der Waals surface area contributed by atoms with Gasteiger partial charge in [0, 0.05) is 11.8 Å². The van der Waals surface area contributed by atoms with Gasteiger partial charge in [0.1, 0.15) is 23.0 Å². The van der Waals surface area contributed by atoms with E-state index in [2.05, 4.69) is 13.8 Å². The Balaban J connectivity index is 0.000000340. The average Bonchev–Trinajstić information content (AvgIpc) is 3.16. The van der Waals surface area contributed by atoms with E-state index in [4.69, 9.17) is 15.0 Å². The first-order valence-electron chi connectivity index (χ1n) is 20.2. The molecule has 0 fully saturated rings. The van der Waals surface area contributed by atoms with Crippen molar-refractivity contribution in [1.29, 1.82) is 0 Å². The Labute approximate surface area is 324 Å². The van der Waals surface area contributed by atoms with E-state index in [1.807, 2.05) is 48.5 Å². The molecule has 0 aliphatic heterocycles. The minimum Gasteiger partial charge on any atom is -0.652 e. The van der Waals surface area contributed by atoms with Crippen LogP contribution in [0.2, 0.25) is 0 Å². The lowest BCUT2D eigenvalue weighted by molar-refractivity contribution is -0.415. The van der Waals surface area contributed by atoms with Crippen molar-refractivity contribution >= 4 is 6.16 Å². The Morgan fingerprint density at radius 3 is 0.778 bits per heavy atom. The average molecular weight is 741 g/mol.